The molecule has 0 aromatic heterocycles. The van der Waals surface area contributed by atoms with E-state index < -0.39 is 11.5 Å². The van der Waals surface area contributed by atoms with E-state index in [4.69, 9.17) is 14.6 Å². The lowest BCUT2D eigenvalue weighted by molar-refractivity contribution is -0.150. The Kier molecular flexibility index (Phi) is 3.21. The number of nitrogens with one attached hydrogen (secondary N) is 1. The average Bonchev–Trinajstić information content (AvgIpc) is 2.31. The molecule has 6 nitrogen and oxygen atoms in total. The maximum Gasteiger partial charge on any atom is 0.334 e. The second-order valence-electron chi connectivity index (χ2n) is 2.75. The molecule has 6 heteroatoms. The van der Waals surface area contributed by atoms with E-state index >= 15 is 0 Å². The molecule has 0 radical (unpaired) electrons. The van der Waals surface area contributed by atoms with Gasteiger partial charge in [-0.3, -0.25) is 4.79 Å². The van der Waals surface area contributed by atoms with Crippen LogP contribution in [0.4, 0.5) is 0 Å². The molecule has 1 amide bonds. The third kappa shape index (κ3) is 2.16. The topological polar surface area (TPSA) is 84.9 Å². The highest BCUT2D eigenvalue weighted by Crippen LogP contribution is 2.09. The first-order valence-corrected chi connectivity index (χ1v) is 3.81. The highest BCUT2D eigenvalue weighted by Gasteiger charge is 2.40. The first-order valence-electron chi connectivity index (χ1n) is 3.81. The van der Waals surface area contributed by atoms with Crippen LogP contribution in [0.25, 0.3) is 0 Å². The van der Waals surface area contributed by atoms with Crippen molar-refractivity contribution in [2.24, 2.45) is 0 Å². The summed E-state index contributed by atoms with van der Waals surface area (Å²) in [4.78, 5) is 21.0. The second kappa shape index (κ2) is 4.20. The molecule has 0 atom stereocenters. The fourth-order valence-corrected chi connectivity index (χ4v) is 1.03. The Hall–Kier alpha value is -1.14. The minimum atomic E-state index is -1.43. The maximum absolute atomic E-state index is 10.8. The minimum Gasteiger partial charge on any atom is -0.479 e. The molecule has 1 aliphatic rings. The molecule has 1 fully saturated rings. The van der Waals surface area contributed by atoms with Gasteiger partial charge in [0.1, 0.15) is 0 Å². The Morgan fingerprint density at radius 3 is 2.31 bits per heavy atom. The lowest BCUT2D eigenvalue weighted by atomic mass is 10.0. The summed E-state index contributed by atoms with van der Waals surface area (Å²) in [6, 6.07) is 0. The Bertz CT molecular complexity index is 197. The van der Waals surface area contributed by atoms with Gasteiger partial charge in [-0.15, -0.1) is 0 Å². The summed E-state index contributed by atoms with van der Waals surface area (Å²) < 4.78 is 9.99. The van der Waals surface area contributed by atoms with E-state index in [1.54, 1.807) is 0 Å². The SMILES string of the molecule is O=CNC1(C(=O)O)COCCOC1. The molecule has 0 bridgehead atoms. The Balaban J connectivity index is 2.73. The molecule has 0 spiro atoms. The summed E-state index contributed by atoms with van der Waals surface area (Å²) in [6.07, 6.45) is 0.339. The molecule has 1 heterocycles. The predicted molar refractivity (Wildman–Crippen MR) is 41.2 cm³/mol. The van der Waals surface area contributed by atoms with Crippen molar-refractivity contribution >= 4 is 12.4 Å². The molecule has 2 N–H and O–H groups in total. The van der Waals surface area contributed by atoms with Gasteiger partial charge in [0.15, 0.2) is 5.54 Å². The number of carbonyl (C=O) groups excluding carboxylic acids is 1. The van der Waals surface area contributed by atoms with Crippen molar-refractivity contribution in [2.75, 3.05) is 26.4 Å². The van der Waals surface area contributed by atoms with Crippen molar-refractivity contribution in [3.05, 3.63) is 0 Å². The molecule has 0 unspecified atom stereocenters. The van der Waals surface area contributed by atoms with Gasteiger partial charge in [-0.05, 0) is 0 Å². The van der Waals surface area contributed by atoms with Crippen molar-refractivity contribution < 1.29 is 24.2 Å². The summed E-state index contributed by atoms with van der Waals surface area (Å²) >= 11 is 0. The molecule has 1 aliphatic heterocycles. The van der Waals surface area contributed by atoms with Crippen LogP contribution in [0, 0.1) is 0 Å². The molecular weight excluding hydrogens is 178 g/mol. The summed E-state index contributed by atoms with van der Waals surface area (Å²) in [5.74, 6) is -1.15. The number of hydrogen-bond donors (Lipinski definition) is 2. The molecule has 0 aromatic rings. The normalized spacial score (nSPS) is 21.5. The fourth-order valence-electron chi connectivity index (χ4n) is 1.03. The highest BCUT2D eigenvalue weighted by atomic mass is 16.5. The molecular formula is C7H11NO5. The summed E-state index contributed by atoms with van der Waals surface area (Å²) in [5, 5.41) is 11.1. The summed E-state index contributed by atoms with van der Waals surface area (Å²) in [7, 11) is 0. The maximum atomic E-state index is 10.8. The number of rotatable bonds is 3. The number of carbonyl (C=O) groups is 2. The van der Waals surface area contributed by atoms with E-state index in [0.29, 0.717) is 19.6 Å². The number of hydrogen-bond acceptors (Lipinski definition) is 4. The van der Waals surface area contributed by atoms with Gasteiger partial charge >= 0.3 is 5.97 Å². The van der Waals surface area contributed by atoms with Crippen LogP contribution >= 0.6 is 0 Å². The van der Waals surface area contributed by atoms with E-state index in [9.17, 15) is 9.59 Å². The third-order valence-corrected chi connectivity index (χ3v) is 1.81. The first-order chi connectivity index (χ1) is 6.21. The van der Waals surface area contributed by atoms with Crippen LogP contribution in [0.5, 0.6) is 0 Å². The number of carboxylic acid groups (broad SMARTS) is 1. The molecule has 0 aliphatic carbocycles. The summed E-state index contributed by atoms with van der Waals surface area (Å²) in [6.45, 7) is 0.549. The largest absolute Gasteiger partial charge is 0.479 e. The Morgan fingerprint density at radius 1 is 1.38 bits per heavy atom. The van der Waals surface area contributed by atoms with E-state index in [2.05, 4.69) is 5.32 Å². The number of ether oxygens (including phenoxy) is 2. The molecule has 13 heavy (non-hydrogen) atoms. The van der Waals surface area contributed by atoms with Crippen molar-refractivity contribution in [1.82, 2.24) is 5.32 Å². The zero-order valence-electron chi connectivity index (χ0n) is 6.99. The van der Waals surface area contributed by atoms with E-state index in [-0.39, 0.29) is 13.2 Å². The highest BCUT2D eigenvalue weighted by molar-refractivity contribution is 5.82. The van der Waals surface area contributed by atoms with Crippen molar-refractivity contribution in [3.8, 4) is 0 Å². The van der Waals surface area contributed by atoms with Crippen LogP contribution in [0.1, 0.15) is 0 Å². The number of amides is 1. The third-order valence-electron chi connectivity index (χ3n) is 1.81. The van der Waals surface area contributed by atoms with Gasteiger partial charge < -0.3 is 19.9 Å². The monoisotopic (exact) mass is 189 g/mol. The Morgan fingerprint density at radius 2 is 1.92 bits per heavy atom. The van der Waals surface area contributed by atoms with Gasteiger partial charge in [0.2, 0.25) is 6.41 Å². The van der Waals surface area contributed by atoms with Crippen LogP contribution in [0.3, 0.4) is 0 Å². The second-order valence-corrected chi connectivity index (χ2v) is 2.75. The van der Waals surface area contributed by atoms with E-state index in [1.165, 1.54) is 0 Å². The smallest absolute Gasteiger partial charge is 0.334 e. The van der Waals surface area contributed by atoms with Crippen LogP contribution in [-0.4, -0.2) is 49.5 Å². The van der Waals surface area contributed by atoms with Gasteiger partial charge in [0.25, 0.3) is 0 Å². The number of aliphatic carboxylic acids is 1. The molecule has 1 rings (SSSR count). The van der Waals surface area contributed by atoms with Crippen LogP contribution in [-0.2, 0) is 19.1 Å². The predicted octanol–water partition coefficient (Wildman–Crippen LogP) is -1.40. The van der Waals surface area contributed by atoms with Crippen molar-refractivity contribution in [2.45, 2.75) is 5.54 Å². The van der Waals surface area contributed by atoms with Gasteiger partial charge in [0, 0.05) is 0 Å². The number of carboxylic acids is 1. The van der Waals surface area contributed by atoms with Gasteiger partial charge in [-0.25, -0.2) is 4.79 Å². The lowest BCUT2D eigenvalue weighted by Crippen LogP contribution is -2.57. The standard InChI is InChI=1S/C7H11NO5/c9-5-8-7(6(10)11)3-12-1-2-13-4-7/h5H,1-4H2,(H,8,9)(H,10,11). The zero-order chi connectivity index (χ0) is 9.73. The van der Waals surface area contributed by atoms with Gasteiger partial charge in [-0.2, -0.15) is 0 Å². The van der Waals surface area contributed by atoms with Crippen LogP contribution < -0.4 is 5.32 Å². The van der Waals surface area contributed by atoms with Crippen LogP contribution in [0.15, 0.2) is 0 Å². The van der Waals surface area contributed by atoms with E-state index in [0.717, 1.165) is 0 Å². The average molecular weight is 189 g/mol. The van der Waals surface area contributed by atoms with Gasteiger partial charge in [-0.1, -0.05) is 0 Å². The first kappa shape index (κ1) is 9.94. The minimum absolute atomic E-state index is 0.0684. The lowest BCUT2D eigenvalue weighted by Gasteiger charge is -2.25. The zero-order valence-corrected chi connectivity index (χ0v) is 6.99. The van der Waals surface area contributed by atoms with Crippen molar-refractivity contribution in [1.29, 1.82) is 0 Å². The van der Waals surface area contributed by atoms with Crippen LogP contribution in [0.2, 0.25) is 0 Å². The quantitative estimate of drug-likeness (QED) is 0.533. The molecule has 0 saturated carbocycles. The summed E-state index contributed by atoms with van der Waals surface area (Å²) in [5.41, 5.74) is -1.43. The molecule has 0 aromatic carbocycles. The molecule has 1 saturated heterocycles. The van der Waals surface area contributed by atoms with Crippen molar-refractivity contribution in [3.63, 3.8) is 0 Å². The van der Waals surface area contributed by atoms with Gasteiger partial charge in [0.05, 0.1) is 26.4 Å². The van der Waals surface area contributed by atoms with E-state index in [1.807, 2.05) is 0 Å². The Labute approximate surface area is 74.8 Å². The molecule has 74 valence electrons. The fraction of sp³-hybridized carbons (Fsp3) is 0.714.